The number of allylic oxidation sites excluding steroid dienone is 1. The first-order valence-electron chi connectivity index (χ1n) is 2.51. The smallest absolute Gasteiger partial charge is 0.283 e. The molecule has 1 aliphatic heterocycles. The molecule has 1 heterocycles. The maximum atomic E-state index is 10.6. The summed E-state index contributed by atoms with van der Waals surface area (Å²) in [5.41, 5.74) is 0.454. The molecule has 0 aromatic rings. The summed E-state index contributed by atoms with van der Waals surface area (Å²) in [5.74, 6) is -1.17. The Hall–Kier alpha value is -1.25. The molecule has 0 N–H and O–H groups in total. The van der Waals surface area contributed by atoms with Gasteiger partial charge >= 0.3 is 5.91 Å². The van der Waals surface area contributed by atoms with Crippen LogP contribution in [0.15, 0.2) is 16.6 Å². The van der Waals surface area contributed by atoms with Crippen molar-refractivity contribution >= 4 is 17.9 Å². The van der Waals surface area contributed by atoms with E-state index in [0.717, 1.165) is 0 Å². The van der Waals surface area contributed by atoms with E-state index in [4.69, 9.17) is 0 Å². The van der Waals surface area contributed by atoms with Gasteiger partial charge in [0.15, 0.2) is 0 Å². The molecule has 46 valence electrons. The van der Waals surface area contributed by atoms with Gasteiger partial charge in [0, 0.05) is 11.8 Å². The van der Waals surface area contributed by atoms with E-state index in [1.165, 1.54) is 12.3 Å². The van der Waals surface area contributed by atoms with Gasteiger partial charge in [-0.25, -0.2) is 4.99 Å². The van der Waals surface area contributed by atoms with E-state index in [2.05, 4.69) is 4.99 Å². The number of ketones is 1. The highest BCUT2D eigenvalue weighted by Crippen LogP contribution is 1.99. The van der Waals surface area contributed by atoms with Crippen molar-refractivity contribution in [1.82, 2.24) is 0 Å². The third kappa shape index (κ3) is 0.937. The fourth-order valence-corrected chi connectivity index (χ4v) is 0.520. The van der Waals surface area contributed by atoms with Crippen LogP contribution in [0.3, 0.4) is 0 Å². The predicted octanol–water partition coefficient (Wildman–Crippen LogP) is 0.113. The molecule has 0 atom stereocenters. The van der Waals surface area contributed by atoms with Crippen molar-refractivity contribution in [2.75, 3.05) is 0 Å². The number of aliphatic imine (C=N–C) groups is 1. The molecule has 0 spiro atoms. The van der Waals surface area contributed by atoms with Crippen LogP contribution in [0, 0.1) is 0 Å². The molecular weight excluding hydrogens is 118 g/mol. The summed E-state index contributed by atoms with van der Waals surface area (Å²) in [6.45, 7) is 1.59. The Morgan fingerprint density at radius 1 is 1.44 bits per heavy atom. The second-order valence-corrected chi connectivity index (χ2v) is 1.76. The number of hydrogen-bond donors (Lipinski definition) is 0. The molecule has 0 radical (unpaired) electrons. The number of carbonyl (C=O) groups excluding carboxylic acids is 2. The monoisotopic (exact) mass is 123 g/mol. The van der Waals surface area contributed by atoms with Crippen molar-refractivity contribution < 1.29 is 9.59 Å². The van der Waals surface area contributed by atoms with Crippen LogP contribution in [0.4, 0.5) is 0 Å². The second kappa shape index (κ2) is 1.93. The first kappa shape index (κ1) is 5.88. The fraction of sp³-hybridized carbons (Fsp3) is 0.167. The van der Waals surface area contributed by atoms with Gasteiger partial charge < -0.3 is 0 Å². The lowest BCUT2D eigenvalue weighted by atomic mass is 10.1. The van der Waals surface area contributed by atoms with E-state index >= 15 is 0 Å². The zero-order chi connectivity index (χ0) is 6.85. The SMILES string of the molecule is CC1=CC=NC(=O)C1=O. The molecule has 1 aliphatic rings. The van der Waals surface area contributed by atoms with Crippen molar-refractivity contribution in [3.8, 4) is 0 Å². The summed E-state index contributed by atoms with van der Waals surface area (Å²) in [4.78, 5) is 24.3. The number of amides is 1. The van der Waals surface area contributed by atoms with Crippen molar-refractivity contribution in [2.24, 2.45) is 4.99 Å². The van der Waals surface area contributed by atoms with Gasteiger partial charge in [-0.15, -0.1) is 0 Å². The topological polar surface area (TPSA) is 46.5 Å². The molecule has 0 aromatic carbocycles. The summed E-state index contributed by atoms with van der Waals surface area (Å²) >= 11 is 0. The number of nitrogens with zero attached hydrogens (tertiary/aromatic N) is 1. The molecule has 0 saturated heterocycles. The van der Waals surface area contributed by atoms with Crippen LogP contribution in [-0.2, 0) is 9.59 Å². The zero-order valence-electron chi connectivity index (χ0n) is 4.92. The van der Waals surface area contributed by atoms with Crippen LogP contribution in [0.1, 0.15) is 6.92 Å². The molecule has 9 heavy (non-hydrogen) atoms. The largest absolute Gasteiger partial charge is 0.317 e. The van der Waals surface area contributed by atoms with Gasteiger partial charge in [-0.1, -0.05) is 0 Å². The Morgan fingerprint density at radius 2 is 2.11 bits per heavy atom. The molecule has 0 bridgehead atoms. The fourth-order valence-electron chi connectivity index (χ4n) is 0.520. The van der Waals surface area contributed by atoms with E-state index in [1.807, 2.05) is 0 Å². The Labute approximate surface area is 52.1 Å². The molecule has 0 fully saturated rings. The van der Waals surface area contributed by atoms with Crippen LogP contribution in [0.25, 0.3) is 0 Å². The van der Waals surface area contributed by atoms with Crippen LogP contribution in [0.2, 0.25) is 0 Å². The molecular formula is C6H5NO2. The molecule has 3 nitrogen and oxygen atoms in total. The zero-order valence-corrected chi connectivity index (χ0v) is 4.92. The Morgan fingerprint density at radius 3 is 2.56 bits per heavy atom. The molecule has 1 rings (SSSR count). The molecule has 0 unspecified atom stereocenters. The minimum atomic E-state index is -0.671. The van der Waals surface area contributed by atoms with Crippen LogP contribution in [-0.4, -0.2) is 17.9 Å². The molecule has 3 heteroatoms. The van der Waals surface area contributed by atoms with Crippen LogP contribution in [0.5, 0.6) is 0 Å². The summed E-state index contributed by atoms with van der Waals surface area (Å²) < 4.78 is 0. The minimum absolute atomic E-state index is 0.454. The van der Waals surface area contributed by atoms with E-state index in [9.17, 15) is 9.59 Å². The Balaban J connectivity index is 3.00. The first-order valence-corrected chi connectivity index (χ1v) is 2.51. The van der Waals surface area contributed by atoms with Gasteiger partial charge in [-0.3, -0.25) is 9.59 Å². The lowest BCUT2D eigenvalue weighted by molar-refractivity contribution is -0.133. The van der Waals surface area contributed by atoms with Crippen LogP contribution >= 0.6 is 0 Å². The van der Waals surface area contributed by atoms with Crippen molar-refractivity contribution in [3.63, 3.8) is 0 Å². The molecule has 0 aromatic heterocycles. The Kier molecular flexibility index (Phi) is 1.26. The highest BCUT2D eigenvalue weighted by Gasteiger charge is 2.15. The van der Waals surface area contributed by atoms with Crippen molar-refractivity contribution in [2.45, 2.75) is 6.92 Å². The van der Waals surface area contributed by atoms with E-state index in [1.54, 1.807) is 6.92 Å². The number of carbonyl (C=O) groups is 2. The highest BCUT2D eigenvalue weighted by atomic mass is 16.2. The summed E-state index contributed by atoms with van der Waals surface area (Å²) in [7, 11) is 0. The van der Waals surface area contributed by atoms with E-state index in [-0.39, 0.29) is 0 Å². The maximum Gasteiger partial charge on any atom is 0.317 e. The Bertz CT molecular complexity index is 225. The number of Topliss-reactive ketones (excluding diaryl/α,β-unsaturated/α-hetero) is 1. The molecule has 0 saturated carbocycles. The van der Waals surface area contributed by atoms with Gasteiger partial charge in [0.2, 0.25) is 5.78 Å². The van der Waals surface area contributed by atoms with Gasteiger partial charge in [0.1, 0.15) is 0 Å². The highest BCUT2D eigenvalue weighted by molar-refractivity contribution is 6.45. The lowest BCUT2D eigenvalue weighted by Crippen LogP contribution is -2.15. The van der Waals surface area contributed by atoms with Crippen molar-refractivity contribution in [3.05, 3.63) is 11.6 Å². The van der Waals surface area contributed by atoms with Gasteiger partial charge in [0.05, 0.1) is 0 Å². The van der Waals surface area contributed by atoms with Gasteiger partial charge in [0.25, 0.3) is 0 Å². The average Bonchev–Trinajstić information content (AvgIpc) is 1.83. The van der Waals surface area contributed by atoms with Crippen LogP contribution < -0.4 is 0 Å². The van der Waals surface area contributed by atoms with E-state index in [0.29, 0.717) is 5.57 Å². The maximum absolute atomic E-state index is 10.6. The van der Waals surface area contributed by atoms with Crippen molar-refractivity contribution in [1.29, 1.82) is 0 Å². The average molecular weight is 123 g/mol. The number of rotatable bonds is 0. The van der Waals surface area contributed by atoms with Gasteiger partial charge in [-0.2, -0.15) is 0 Å². The summed E-state index contributed by atoms with van der Waals surface area (Å²) in [5, 5.41) is 0. The quantitative estimate of drug-likeness (QED) is 0.429. The second-order valence-electron chi connectivity index (χ2n) is 1.76. The number of dihydropyridines is 1. The van der Waals surface area contributed by atoms with Gasteiger partial charge in [-0.05, 0) is 13.0 Å². The lowest BCUT2D eigenvalue weighted by Gasteiger charge is -1.96. The third-order valence-electron chi connectivity index (χ3n) is 1.07. The third-order valence-corrected chi connectivity index (χ3v) is 1.07. The standard InChI is InChI=1S/C6H5NO2/c1-4-2-3-7-6(9)5(4)8/h2-3H,1H3. The summed E-state index contributed by atoms with van der Waals surface area (Å²) in [6.07, 6.45) is 2.85. The van der Waals surface area contributed by atoms with E-state index < -0.39 is 11.7 Å². The molecule has 0 aliphatic carbocycles. The number of hydrogen-bond acceptors (Lipinski definition) is 2. The normalized spacial score (nSPS) is 18.1. The molecule has 1 amide bonds. The predicted molar refractivity (Wildman–Crippen MR) is 32.3 cm³/mol. The minimum Gasteiger partial charge on any atom is -0.283 e. The first-order chi connectivity index (χ1) is 4.22. The summed E-state index contributed by atoms with van der Waals surface area (Å²) in [6, 6.07) is 0.